The number of hydrogen-bond donors (Lipinski definition) is 1. The van der Waals surface area contributed by atoms with E-state index in [1.165, 1.54) is 18.5 Å². The highest BCUT2D eigenvalue weighted by Crippen LogP contribution is 2.26. The lowest BCUT2D eigenvalue weighted by Gasteiger charge is -2.45. The van der Waals surface area contributed by atoms with Crippen LogP contribution >= 0.6 is 0 Å². The summed E-state index contributed by atoms with van der Waals surface area (Å²) in [5.41, 5.74) is 1.30. The zero-order valence-corrected chi connectivity index (χ0v) is 15.0. The summed E-state index contributed by atoms with van der Waals surface area (Å²) in [6.45, 7) is 5.90. The summed E-state index contributed by atoms with van der Waals surface area (Å²) >= 11 is 0. The molecule has 3 rings (SSSR count). The van der Waals surface area contributed by atoms with Gasteiger partial charge in [0.1, 0.15) is 5.75 Å². The molecule has 0 amide bonds. The van der Waals surface area contributed by atoms with Crippen molar-refractivity contribution in [1.29, 1.82) is 0 Å². The summed E-state index contributed by atoms with van der Waals surface area (Å²) in [5.74, 6) is 0.918. The third kappa shape index (κ3) is 4.02. The zero-order valence-electron chi connectivity index (χ0n) is 15.0. The first kappa shape index (κ1) is 17.5. The van der Waals surface area contributed by atoms with E-state index in [1.54, 1.807) is 7.11 Å². The molecule has 5 heteroatoms. The van der Waals surface area contributed by atoms with Crippen LogP contribution < -0.4 is 9.64 Å². The maximum absolute atomic E-state index is 9.27. The summed E-state index contributed by atoms with van der Waals surface area (Å²) in [6, 6.07) is 9.60. The van der Waals surface area contributed by atoms with Gasteiger partial charge in [-0.15, -0.1) is 0 Å². The number of aliphatic hydroxyl groups excluding tert-OH is 1. The molecule has 0 unspecified atom stereocenters. The van der Waals surface area contributed by atoms with Gasteiger partial charge in [0.2, 0.25) is 0 Å². The summed E-state index contributed by atoms with van der Waals surface area (Å²) in [6.07, 6.45) is 3.33. The summed E-state index contributed by atoms with van der Waals surface area (Å²) in [5, 5.41) is 9.27. The van der Waals surface area contributed by atoms with Crippen molar-refractivity contribution in [2.24, 2.45) is 0 Å². The Bertz CT molecular complexity index is 500. The van der Waals surface area contributed by atoms with Gasteiger partial charge in [0, 0.05) is 57.1 Å². The van der Waals surface area contributed by atoms with E-state index in [-0.39, 0.29) is 0 Å². The molecule has 1 aromatic rings. The molecule has 0 bridgehead atoms. The quantitative estimate of drug-likeness (QED) is 0.887. The summed E-state index contributed by atoms with van der Waals surface area (Å²) in [4.78, 5) is 7.54. The Morgan fingerprint density at radius 2 is 1.79 bits per heavy atom. The van der Waals surface area contributed by atoms with Gasteiger partial charge in [-0.05, 0) is 50.6 Å². The number of piperazine rings is 1. The predicted octanol–water partition coefficient (Wildman–Crippen LogP) is 1.66. The van der Waals surface area contributed by atoms with Crippen molar-refractivity contribution in [3.8, 4) is 5.75 Å². The SMILES string of the molecule is COc1ccc(N2CCC(N3CCN(C)[C@@H](CCO)C3)CC2)cc1. The molecule has 0 aromatic heterocycles. The van der Waals surface area contributed by atoms with Crippen molar-refractivity contribution in [2.45, 2.75) is 31.3 Å². The fourth-order valence-corrected chi connectivity index (χ4v) is 4.04. The molecule has 0 spiro atoms. The van der Waals surface area contributed by atoms with Gasteiger partial charge < -0.3 is 19.6 Å². The highest BCUT2D eigenvalue weighted by atomic mass is 16.5. The standard InChI is InChI=1S/C19H31N3O2/c1-20-12-13-22(15-18(20)9-14-23)17-7-10-21(11-8-17)16-3-5-19(24-2)6-4-16/h3-6,17-18,23H,7-15H2,1-2H3/t18-/m0/s1. The minimum atomic E-state index is 0.290. The third-order valence-electron chi connectivity index (χ3n) is 5.69. The third-order valence-corrected chi connectivity index (χ3v) is 5.69. The van der Waals surface area contributed by atoms with Crippen LogP contribution in [-0.4, -0.2) is 80.5 Å². The fourth-order valence-electron chi connectivity index (χ4n) is 4.04. The Kier molecular flexibility index (Phi) is 5.98. The Hall–Kier alpha value is -1.30. The zero-order chi connectivity index (χ0) is 16.9. The number of methoxy groups -OCH3 is 1. The molecule has 1 aromatic carbocycles. The second-order valence-corrected chi connectivity index (χ2v) is 7.06. The van der Waals surface area contributed by atoms with Crippen LogP contribution in [0.5, 0.6) is 5.75 Å². The molecule has 24 heavy (non-hydrogen) atoms. The number of benzene rings is 1. The molecule has 0 radical (unpaired) electrons. The Morgan fingerprint density at radius 3 is 2.42 bits per heavy atom. The average molecular weight is 333 g/mol. The van der Waals surface area contributed by atoms with Crippen molar-refractivity contribution in [3.63, 3.8) is 0 Å². The minimum absolute atomic E-state index is 0.290. The number of hydrogen-bond acceptors (Lipinski definition) is 5. The average Bonchev–Trinajstić information content (AvgIpc) is 2.64. The number of piperidine rings is 1. The van der Waals surface area contributed by atoms with E-state index < -0.39 is 0 Å². The summed E-state index contributed by atoms with van der Waals surface area (Å²) in [7, 11) is 3.89. The number of ether oxygens (including phenoxy) is 1. The van der Waals surface area contributed by atoms with Crippen molar-refractivity contribution < 1.29 is 9.84 Å². The predicted molar refractivity (Wildman–Crippen MR) is 97.9 cm³/mol. The van der Waals surface area contributed by atoms with Gasteiger partial charge in [-0.1, -0.05) is 0 Å². The number of aliphatic hydroxyl groups is 1. The maximum Gasteiger partial charge on any atom is 0.119 e. The van der Waals surface area contributed by atoms with Crippen LogP contribution in [0, 0.1) is 0 Å². The molecular formula is C19H31N3O2. The number of nitrogens with zero attached hydrogens (tertiary/aromatic N) is 3. The largest absolute Gasteiger partial charge is 0.497 e. The van der Waals surface area contributed by atoms with Crippen LogP contribution in [0.2, 0.25) is 0 Å². The molecule has 1 atom stereocenters. The maximum atomic E-state index is 9.27. The van der Waals surface area contributed by atoms with Gasteiger partial charge in [-0.2, -0.15) is 0 Å². The van der Waals surface area contributed by atoms with Crippen LogP contribution in [0.1, 0.15) is 19.3 Å². The first-order valence-electron chi connectivity index (χ1n) is 9.15. The first-order valence-corrected chi connectivity index (χ1v) is 9.15. The van der Waals surface area contributed by atoms with E-state index in [0.717, 1.165) is 44.9 Å². The topological polar surface area (TPSA) is 39.2 Å². The van der Waals surface area contributed by atoms with Crippen molar-refractivity contribution in [2.75, 3.05) is 58.4 Å². The van der Waals surface area contributed by atoms with E-state index in [4.69, 9.17) is 4.74 Å². The molecule has 5 nitrogen and oxygen atoms in total. The van der Waals surface area contributed by atoms with Gasteiger partial charge in [0.05, 0.1) is 7.11 Å². The van der Waals surface area contributed by atoms with Gasteiger partial charge in [0.25, 0.3) is 0 Å². The lowest BCUT2D eigenvalue weighted by Crippen LogP contribution is -2.56. The van der Waals surface area contributed by atoms with Crippen molar-refractivity contribution >= 4 is 5.69 Å². The van der Waals surface area contributed by atoms with Crippen LogP contribution in [0.15, 0.2) is 24.3 Å². The van der Waals surface area contributed by atoms with Gasteiger partial charge >= 0.3 is 0 Å². The van der Waals surface area contributed by atoms with Gasteiger partial charge in [-0.3, -0.25) is 4.90 Å². The molecule has 134 valence electrons. The molecule has 2 heterocycles. The molecular weight excluding hydrogens is 302 g/mol. The van der Waals surface area contributed by atoms with E-state index in [2.05, 4.69) is 33.9 Å². The normalized spacial score (nSPS) is 24.3. The number of rotatable bonds is 5. The lowest BCUT2D eigenvalue weighted by atomic mass is 9.99. The molecule has 2 saturated heterocycles. The minimum Gasteiger partial charge on any atom is -0.497 e. The highest BCUT2D eigenvalue weighted by molar-refractivity contribution is 5.49. The molecule has 2 aliphatic heterocycles. The lowest BCUT2D eigenvalue weighted by molar-refractivity contribution is 0.0446. The molecule has 0 aliphatic carbocycles. The molecule has 2 aliphatic rings. The molecule has 2 fully saturated rings. The Morgan fingerprint density at radius 1 is 1.08 bits per heavy atom. The smallest absolute Gasteiger partial charge is 0.119 e. The van der Waals surface area contributed by atoms with E-state index in [0.29, 0.717) is 18.7 Å². The van der Waals surface area contributed by atoms with E-state index in [1.807, 2.05) is 12.1 Å². The summed E-state index contributed by atoms with van der Waals surface area (Å²) < 4.78 is 5.24. The second-order valence-electron chi connectivity index (χ2n) is 7.06. The fraction of sp³-hybridized carbons (Fsp3) is 0.684. The van der Waals surface area contributed by atoms with E-state index in [9.17, 15) is 5.11 Å². The van der Waals surface area contributed by atoms with Crippen LogP contribution in [0.25, 0.3) is 0 Å². The van der Waals surface area contributed by atoms with Crippen LogP contribution in [0.4, 0.5) is 5.69 Å². The first-order chi connectivity index (χ1) is 11.7. The van der Waals surface area contributed by atoms with Crippen molar-refractivity contribution in [3.05, 3.63) is 24.3 Å². The van der Waals surface area contributed by atoms with Crippen LogP contribution in [0.3, 0.4) is 0 Å². The van der Waals surface area contributed by atoms with Crippen molar-refractivity contribution in [1.82, 2.24) is 9.80 Å². The number of anilines is 1. The van der Waals surface area contributed by atoms with Crippen LogP contribution in [-0.2, 0) is 0 Å². The Balaban J connectivity index is 1.52. The van der Waals surface area contributed by atoms with E-state index >= 15 is 0 Å². The highest BCUT2D eigenvalue weighted by Gasteiger charge is 2.30. The van der Waals surface area contributed by atoms with Gasteiger partial charge in [0.15, 0.2) is 0 Å². The number of likely N-dealkylation sites (N-methyl/N-ethyl adjacent to an activating group) is 1. The molecule has 1 N–H and O–H groups in total. The van der Waals surface area contributed by atoms with Gasteiger partial charge in [-0.25, -0.2) is 0 Å². The Labute approximate surface area is 145 Å². The monoisotopic (exact) mass is 333 g/mol. The molecule has 0 saturated carbocycles. The second kappa shape index (κ2) is 8.19.